The Morgan fingerprint density at radius 1 is 0.500 bits per heavy atom. The Morgan fingerprint density at radius 2 is 0.904 bits per heavy atom. The van der Waals surface area contributed by atoms with Crippen molar-refractivity contribution in [3.05, 3.63) is 72.9 Å². The van der Waals surface area contributed by atoms with E-state index in [1.165, 1.54) is 70.6 Å². The zero-order valence-electron chi connectivity index (χ0n) is 32.7. The fourth-order valence-corrected chi connectivity index (χ4v) is 5.53. The van der Waals surface area contributed by atoms with Crippen LogP contribution in [0.2, 0.25) is 0 Å². The van der Waals surface area contributed by atoms with Gasteiger partial charge in [-0.3, -0.25) is 14.1 Å². The van der Waals surface area contributed by atoms with E-state index >= 15 is 0 Å². The lowest BCUT2D eigenvalue weighted by Gasteiger charge is -2.18. The Bertz CT molecular complexity index is 1070. The van der Waals surface area contributed by atoms with Crippen molar-refractivity contribution in [1.29, 1.82) is 0 Å². The molecule has 0 unspecified atom stereocenters. The number of rotatable bonds is 36. The van der Waals surface area contributed by atoms with Crippen molar-refractivity contribution in [1.82, 2.24) is 0 Å². The van der Waals surface area contributed by atoms with E-state index in [1.807, 2.05) is 12.2 Å². The van der Waals surface area contributed by atoms with E-state index in [-0.39, 0.29) is 19.4 Å². The molecule has 298 valence electrons. The number of hydrogen-bond donors (Lipinski definition) is 2. The van der Waals surface area contributed by atoms with Gasteiger partial charge in [0.15, 0.2) is 6.10 Å². The SMILES string of the molecule is CCCCC/C=C/C/C=C/C/C=C/C/C=C/C/C=C/CCC(=O)O[C@H](COC(=O)CCCCCCC/C=C/CCCCCCCC)COP(=O)(O)O. The minimum atomic E-state index is -4.78. The zero-order valence-corrected chi connectivity index (χ0v) is 33.6. The van der Waals surface area contributed by atoms with Gasteiger partial charge in [0.05, 0.1) is 6.61 Å². The van der Waals surface area contributed by atoms with Crippen LogP contribution in [0.25, 0.3) is 0 Å². The number of hydrogen-bond acceptors (Lipinski definition) is 6. The predicted octanol–water partition coefficient (Wildman–Crippen LogP) is 12.3. The van der Waals surface area contributed by atoms with Crippen LogP contribution in [0.4, 0.5) is 0 Å². The maximum atomic E-state index is 12.4. The molecule has 52 heavy (non-hydrogen) atoms. The van der Waals surface area contributed by atoms with E-state index in [0.29, 0.717) is 12.8 Å². The van der Waals surface area contributed by atoms with Crippen LogP contribution in [-0.2, 0) is 28.2 Å². The van der Waals surface area contributed by atoms with Gasteiger partial charge in [-0.15, -0.1) is 0 Å². The summed E-state index contributed by atoms with van der Waals surface area (Å²) in [6.07, 6.45) is 49.2. The van der Waals surface area contributed by atoms with Crippen LogP contribution >= 0.6 is 7.82 Å². The summed E-state index contributed by atoms with van der Waals surface area (Å²) in [5.41, 5.74) is 0. The van der Waals surface area contributed by atoms with Gasteiger partial charge in [0, 0.05) is 12.8 Å². The number of phosphoric acid groups is 1. The zero-order chi connectivity index (χ0) is 38.2. The second kappa shape index (κ2) is 38.2. The highest BCUT2D eigenvalue weighted by atomic mass is 31.2. The molecule has 0 radical (unpaired) electrons. The first-order chi connectivity index (χ1) is 25.3. The van der Waals surface area contributed by atoms with Crippen LogP contribution in [0.15, 0.2) is 72.9 Å². The first-order valence-electron chi connectivity index (χ1n) is 20.2. The molecule has 0 aromatic heterocycles. The molecule has 0 amide bonds. The highest BCUT2D eigenvalue weighted by Gasteiger charge is 2.22. The van der Waals surface area contributed by atoms with Gasteiger partial charge in [0.2, 0.25) is 0 Å². The van der Waals surface area contributed by atoms with Gasteiger partial charge in [0.1, 0.15) is 6.61 Å². The van der Waals surface area contributed by atoms with Gasteiger partial charge in [-0.25, -0.2) is 4.57 Å². The van der Waals surface area contributed by atoms with Crippen LogP contribution < -0.4 is 0 Å². The second-order valence-corrected chi connectivity index (χ2v) is 14.5. The third kappa shape index (κ3) is 40.3. The molecule has 0 aliphatic carbocycles. The Balaban J connectivity index is 4.10. The average molecular weight is 749 g/mol. The Labute approximate surface area is 317 Å². The number of phosphoric ester groups is 1. The number of allylic oxidation sites excluding steroid dienone is 12. The molecule has 0 aliphatic heterocycles. The number of ether oxygens (including phenoxy) is 2. The molecular weight excluding hydrogens is 675 g/mol. The maximum Gasteiger partial charge on any atom is 0.469 e. The van der Waals surface area contributed by atoms with E-state index in [2.05, 4.69) is 79.1 Å². The van der Waals surface area contributed by atoms with Crippen molar-refractivity contribution in [2.45, 2.75) is 174 Å². The summed E-state index contributed by atoms with van der Waals surface area (Å²) in [5.74, 6) is -0.996. The van der Waals surface area contributed by atoms with Crippen LogP contribution in [-0.4, -0.2) is 41.0 Å². The monoisotopic (exact) mass is 749 g/mol. The summed E-state index contributed by atoms with van der Waals surface area (Å²) in [4.78, 5) is 42.7. The van der Waals surface area contributed by atoms with Crippen molar-refractivity contribution in [2.75, 3.05) is 13.2 Å². The third-order valence-corrected chi connectivity index (χ3v) is 8.70. The standard InChI is InChI=1S/C43H73O8P/c1-3-5-7-9-11-13-15-17-19-20-21-22-24-26-28-30-32-34-36-38-43(45)51-41(40-50-52(46,47)48)39-49-42(44)37-35-33-31-29-27-25-23-18-16-14-12-10-8-6-4-2/h11,13,17-19,21-23,26,28,32,34,41H,3-10,12,14-16,20,24-25,27,29-31,33,35-40H2,1-2H3,(H2,46,47,48)/b13-11+,19-17+,22-21+,23-18+,28-26+,34-32+/t41-/m1/s1. The van der Waals surface area contributed by atoms with Gasteiger partial charge in [-0.1, -0.05) is 151 Å². The second-order valence-electron chi connectivity index (χ2n) is 13.2. The van der Waals surface area contributed by atoms with Gasteiger partial charge >= 0.3 is 19.8 Å². The quantitative estimate of drug-likeness (QED) is 0.0281. The lowest BCUT2D eigenvalue weighted by molar-refractivity contribution is -0.161. The largest absolute Gasteiger partial charge is 0.469 e. The van der Waals surface area contributed by atoms with Crippen molar-refractivity contribution >= 4 is 19.8 Å². The normalized spacial score (nSPS) is 13.2. The average Bonchev–Trinajstić information content (AvgIpc) is 3.11. The van der Waals surface area contributed by atoms with Crippen molar-refractivity contribution < 1.29 is 37.9 Å². The van der Waals surface area contributed by atoms with Crippen LogP contribution in [0.1, 0.15) is 168 Å². The summed E-state index contributed by atoms with van der Waals surface area (Å²) < 4.78 is 26.3. The molecule has 8 nitrogen and oxygen atoms in total. The molecule has 0 aromatic carbocycles. The van der Waals surface area contributed by atoms with Crippen molar-refractivity contribution in [3.8, 4) is 0 Å². The fourth-order valence-electron chi connectivity index (χ4n) is 5.17. The fraction of sp³-hybridized carbons (Fsp3) is 0.674. The molecule has 2 N–H and O–H groups in total. The van der Waals surface area contributed by atoms with Crippen LogP contribution in [0.5, 0.6) is 0 Å². The molecule has 0 aliphatic rings. The van der Waals surface area contributed by atoms with Gasteiger partial charge < -0.3 is 19.3 Å². The summed E-state index contributed by atoms with van der Waals surface area (Å²) in [6.45, 7) is 3.57. The highest BCUT2D eigenvalue weighted by molar-refractivity contribution is 7.46. The first kappa shape index (κ1) is 49.5. The first-order valence-corrected chi connectivity index (χ1v) is 21.8. The molecule has 1 atom stereocenters. The van der Waals surface area contributed by atoms with Gasteiger partial charge in [-0.05, 0) is 77.0 Å². The molecule has 0 saturated carbocycles. The summed E-state index contributed by atoms with van der Waals surface area (Å²) in [5, 5.41) is 0. The van der Waals surface area contributed by atoms with E-state index in [0.717, 1.165) is 57.8 Å². The van der Waals surface area contributed by atoms with E-state index in [9.17, 15) is 14.2 Å². The Morgan fingerprint density at radius 3 is 1.42 bits per heavy atom. The summed E-state index contributed by atoms with van der Waals surface area (Å²) >= 11 is 0. The molecular formula is C43H73O8P. The number of esters is 2. The summed E-state index contributed by atoms with van der Waals surface area (Å²) in [6, 6.07) is 0. The molecule has 9 heteroatoms. The molecule has 0 saturated heterocycles. The van der Waals surface area contributed by atoms with Crippen LogP contribution in [0.3, 0.4) is 0 Å². The Kier molecular flexibility index (Phi) is 36.4. The third-order valence-electron chi connectivity index (χ3n) is 8.21. The van der Waals surface area contributed by atoms with Gasteiger partial charge in [0.25, 0.3) is 0 Å². The molecule has 0 aromatic rings. The minimum Gasteiger partial charge on any atom is -0.462 e. The van der Waals surface area contributed by atoms with Crippen LogP contribution in [0, 0.1) is 0 Å². The predicted molar refractivity (Wildman–Crippen MR) is 216 cm³/mol. The molecule has 0 bridgehead atoms. The minimum absolute atomic E-state index is 0.0837. The van der Waals surface area contributed by atoms with E-state index in [1.54, 1.807) is 0 Å². The smallest absolute Gasteiger partial charge is 0.462 e. The molecule has 0 spiro atoms. The topological polar surface area (TPSA) is 119 Å². The van der Waals surface area contributed by atoms with E-state index < -0.39 is 32.5 Å². The summed E-state index contributed by atoms with van der Waals surface area (Å²) in [7, 11) is -4.78. The Hall–Kier alpha value is -2.51. The number of carbonyl (C=O) groups is 2. The molecule has 0 fully saturated rings. The number of carbonyl (C=O) groups excluding carboxylic acids is 2. The van der Waals surface area contributed by atoms with Crippen molar-refractivity contribution in [3.63, 3.8) is 0 Å². The maximum absolute atomic E-state index is 12.4. The van der Waals surface area contributed by atoms with E-state index in [4.69, 9.17) is 19.3 Å². The molecule has 0 rings (SSSR count). The lowest BCUT2D eigenvalue weighted by atomic mass is 10.1. The van der Waals surface area contributed by atoms with Gasteiger partial charge in [-0.2, -0.15) is 0 Å². The number of unbranched alkanes of at least 4 members (excludes halogenated alkanes) is 14. The lowest BCUT2D eigenvalue weighted by Crippen LogP contribution is -2.29. The highest BCUT2D eigenvalue weighted by Crippen LogP contribution is 2.36. The molecule has 0 heterocycles. The van der Waals surface area contributed by atoms with Crippen molar-refractivity contribution in [2.24, 2.45) is 0 Å².